The molecule has 5 heteroatoms. The molecule has 4 aromatic rings. The minimum Gasteiger partial charge on any atom is -0.492 e. The second-order valence-electron chi connectivity index (χ2n) is 11.0. The second-order valence-corrected chi connectivity index (χ2v) is 11.0. The van der Waals surface area contributed by atoms with Gasteiger partial charge in [-0.05, 0) is 95.9 Å². The molecule has 42 heavy (non-hydrogen) atoms. The average Bonchev–Trinajstić information content (AvgIpc) is 3.18. The second kappa shape index (κ2) is 13.8. The standard InChI is InChI=1S/C37H41NO4/c1-4-26-13-20-33-31(23-26)17-15-29-14-16-30(28-9-7-6-8-10-28)25-34(29)36(33)38(3)21-22-42-32-18-11-27(12-19-32)24-35(37(39)40)41-5-2/h6-14,16,18-20,23,25,35-36H,4-5,15,17,21-22,24H2,1-3H3,(H,39,40). The fraction of sp³-hybridized carbons (Fsp3) is 0.324. The largest absolute Gasteiger partial charge is 0.492 e. The summed E-state index contributed by atoms with van der Waals surface area (Å²) in [4.78, 5) is 13.9. The van der Waals surface area contributed by atoms with E-state index in [0.29, 0.717) is 19.6 Å². The lowest BCUT2D eigenvalue weighted by Gasteiger charge is -2.31. The summed E-state index contributed by atoms with van der Waals surface area (Å²) >= 11 is 0. The molecule has 2 atom stereocenters. The number of hydrogen-bond donors (Lipinski definition) is 1. The third kappa shape index (κ3) is 6.92. The Morgan fingerprint density at radius 2 is 1.60 bits per heavy atom. The van der Waals surface area contributed by atoms with E-state index in [9.17, 15) is 9.90 Å². The van der Waals surface area contributed by atoms with E-state index in [4.69, 9.17) is 9.47 Å². The fourth-order valence-electron chi connectivity index (χ4n) is 5.95. The van der Waals surface area contributed by atoms with E-state index in [1.165, 1.54) is 38.9 Å². The van der Waals surface area contributed by atoms with Crippen molar-refractivity contribution in [2.45, 2.75) is 51.7 Å². The van der Waals surface area contributed by atoms with E-state index < -0.39 is 12.1 Å². The van der Waals surface area contributed by atoms with Gasteiger partial charge in [0.25, 0.3) is 0 Å². The van der Waals surface area contributed by atoms with Gasteiger partial charge in [0.2, 0.25) is 0 Å². The molecule has 4 aromatic carbocycles. The Kier molecular flexibility index (Phi) is 9.73. The molecule has 0 fully saturated rings. The van der Waals surface area contributed by atoms with Gasteiger partial charge >= 0.3 is 5.97 Å². The highest BCUT2D eigenvalue weighted by Gasteiger charge is 2.27. The first-order valence-corrected chi connectivity index (χ1v) is 15.0. The summed E-state index contributed by atoms with van der Waals surface area (Å²) in [5.41, 5.74) is 10.4. The molecule has 218 valence electrons. The van der Waals surface area contributed by atoms with Crippen LogP contribution >= 0.6 is 0 Å². The molecule has 5 rings (SSSR count). The van der Waals surface area contributed by atoms with E-state index in [-0.39, 0.29) is 6.04 Å². The zero-order valence-electron chi connectivity index (χ0n) is 24.9. The summed E-state index contributed by atoms with van der Waals surface area (Å²) in [6.45, 7) is 5.69. The van der Waals surface area contributed by atoms with Crippen LogP contribution in [0.1, 0.15) is 53.3 Å². The number of benzene rings is 4. The zero-order chi connectivity index (χ0) is 29.5. The normalized spacial score (nSPS) is 15.0. The van der Waals surface area contributed by atoms with Crippen molar-refractivity contribution < 1.29 is 19.4 Å². The van der Waals surface area contributed by atoms with Gasteiger partial charge in [0, 0.05) is 19.6 Å². The third-order valence-electron chi connectivity index (χ3n) is 8.26. The highest BCUT2D eigenvalue weighted by atomic mass is 16.5. The Balaban J connectivity index is 1.34. The van der Waals surface area contributed by atoms with Crippen LogP contribution in [-0.4, -0.2) is 48.9 Å². The number of carbonyl (C=O) groups is 1. The van der Waals surface area contributed by atoms with Gasteiger partial charge in [0.1, 0.15) is 12.4 Å². The summed E-state index contributed by atoms with van der Waals surface area (Å²) in [7, 11) is 2.19. The zero-order valence-corrected chi connectivity index (χ0v) is 24.9. The maximum absolute atomic E-state index is 11.4. The molecular formula is C37H41NO4. The molecule has 0 aliphatic heterocycles. The van der Waals surface area contributed by atoms with Crippen molar-refractivity contribution in [2.24, 2.45) is 0 Å². The van der Waals surface area contributed by atoms with Gasteiger partial charge in [0.05, 0.1) is 6.04 Å². The monoisotopic (exact) mass is 563 g/mol. The number of aryl methyl sites for hydroxylation is 3. The van der Waals surface area contributed by atoms with Crippen molar-refractivity contribution in [3.8, 4) is 16.9 Å². The SMILES string of the molecule is CCOC(Cc1ccc(OCCN(C)C2c3ccc(CC)cc3CCc3ccc(-c4ccccc4)cc32)cc1)C(=O)O. The summed E-state index contributed by atoms with van der Waals surface area (Å²) in [6.07, 6.45) is 2.60. The molecule has 1 aliphatic carbocycles. The lowest BCUT2D eigenvalue weighted by molar-refractivity contribution is -0.149. The van der Waals surface area contributed by atoms with E-state index >= 15 is 0 Å². The lowest BCUT2D eigenvalue weighted by Crippen LogP contribution is -2.30. The molecule has 1 N–H and O–H groups in total. The van der Waals surface area contributed by atoms with Crippen molar-refractivity contribution in [3.63, 3.8) is 0 Å². The Morgan fingerprint density at radius 1 is 0.857 bits per heavy atom. The van der Waals surface area contributed by atoms with E-state index in [1.807, 2.05) is 24.3 Å². The number of fused-ring (bicyclic) bond motifs is 2. The lowest BCUT2D eigenvalue weighted by atomic mass is 9.90. The average molecular weight is 564 g/mol. The van der Waals surface area contributed by atoms with Gasteiger partial charge in [-0.3, -0.25) is 4.90 Å². The first-order valence-electron chi connectivity index (χ1n) is 15.0. The molecule has 0 saturated heterocycles. The fourth-order valence-corrected chi connectivity index (χ4v) is 5.95. The smallest absolute Gasteiger partial charge is 0.333 e. The molecule has 5 nitrogen and oxygen atoms in total. The topological polar surface area (TPSA) is 59.0 Å². The number of nitrogens with zero attached hydrogens (tertiary/aromatic N) is 1. The van der Waals surface area contributed by atoms with Gasteiger partial charge in [-0.15, -0.1) is 0 Å². The van der Waals surface area contributed by atoms with Crippen LogP contribution in [0.4, 0.5) is 0 Å². The maximum atomic E-state index is 11.4. The number of carboxylic acids is 1. The first kappa shape index (κ1) is 29.6. The Hall–Kier alpha value is -3.93. The van der Waals surface area contributed by atoms with Crippen molar-refractivity contribution >= 4 is 5.97 Å². The molecule has 0 amide bonds. The van der Waals surface area contributed by atoms with Crippen LogP contribution in [0.15, 0.2) is 91.0 Å². The predicted octanol–water partition coefficient (Wildman–Crippen LogP) is 7.15. The summed E-state index contributed by atoms with van der Waals surface area (Å²) in [5.74, 6) is -0.167. The molecule has 0 radical (unpaired) electrons. The van der Waals surface area contributed by atoms with Crippen LogP contribution in [0.5, 0.6) is 5.75 Å². The first-order chi connectivity index (χ1) is 20.5. The van der Waals surface area contributed by atoms with Gasteiger partial charge in [-0.25, -0.2) is 4.79 Å². The van der Waals surface area contributed by atoms with Crippen molar-refractivity contribution in [3.05, 3.63) is 124 Å². The molecule has 2 unspecified atom stereocenters. The quantitative estimate of drug-likeness (QED) is 0.198. The van der Waals surface area contributed by atoms with Crippen LogP contribution in [0.2, 0.25) is 0 Å². The van der Waals surface area contributed by atoms with E-state index in [1.54, 1.807) is 6.92 Å². The van der Waals surface area contributed by atoms with Crippen LogP contribution in [-0.2, 0) is 35.2 Å². The number of hydrogen-bond acceptors (Lipinski definition) is 4. The predicted molar refractivity (Wildman–Crippen MR) is 168 cm³/mol. The Morgan fingerprint density at radius 3 is 2.31 bits per heavy atom. The van der Waals surface area contributed by atoms with Gasteiger partial charge in [0.15, 0.2) is 6.10 Å². The highest BCUT2D eigenvalue weighted by Crippen LogP contribution is 2.38. The van der Waals surface area contributed by atoms with Gasteiger partial charge < -0.3 is 14.6 Å². The van der Waals surface area contributed by atoms with Crippen molar-refractivity contribution in [1.29, 1.82) is 0 Å². The molecule has 0 spiro atoms. The molecule has 0 heterocycles. The van der Waals surface area contributed by atoms with Crippen molar-refractivity contribution in [1.82, 2.24) is 4.90 Å². The molecule has 1 aliphatic rings. The number of rotatable bonds is 12. The molecule has 0 saturated carbocycles. The minimum atomic E-state index is -0.941. The number of ether oxygens (including phenoxy) is 2. The van der Waals surface area contributed by atoms with Crippen molar-refractivity contribution in [2.75, 3.05) is 26.8 Å². The number of aliphatic carboxylic acids is 1. The molecule has 0 bridgehead atoms. The highest BCUT2D eigenvalue weighted by molar-refractivity contribution is 5.72. The number of carboxylic acid groups (broad SMARTS) is 1. The van der Waals surface area contributed by atoms with E-state index in [0.717, 1.165) is 37.1 Å². The van der Waals surface area contributed by atoms with E-state index in [2.05, 4.69) is 85.6 Å². The van der Waals surface area contributed by atoms with Gasteiger partial charge in [-0.2, -0.15) is 0 Å². The Labute approximate surface area is 249 Å². The minimum absolute atomic E-state index is 0.129. The van der Waals surface area contributed by atoms with Crippen LogP contribution < -0.4 is 4.74 Å². The molecular weight excluding hydrogens is 522 g/mol. The van der Waals surface area contributed by atoms with Gasteiger partial charge in [-0.1, -0.05) is 79.7 Å². The Bertz CT molecular complexity index is 1480. The maximum Gasteiger partial charge on any atom is 0.333 e. The summed E-state index contributed by atoms with van der Waals surface area (Å²) in [5, 5.41) is 9.38. The third-order valence-corrected chi connectivity index (χ3v) is 8.26. The van der Waals surface area contributed by atoms with Crippen LogP contribution in [0.3, 0.4) is 0 Å². The van der Waals surface area contributed by atoms with Crippen LogP contribution in [0, 0.1) is 0 Å². The number of likely N-dealkylation sites (N-methyl/N-ethyl adjacent to an activating group) is 1. The molecule has 0 aromatic heterocycles. The summed E-state index contributed by atoms with van der Waals surface area (Å²) < 4.78 is 11.5. The van der Waals surface area contributed by atoms with Crippen LogP contribution in [0.25, 0.3) is 11.1 Å². The summed E-state index contributed by atoms with van der Waals surface area (Å²) in [6, 6.07) is 32.4.